The van der Waals surface area contributed by atoms with Crippen molar-refractivity contribution in [1.82, 2.24) is 14.8 Å². The molecule has 0 radical (unpaired) electrons. The van der Waals surface area contributed by atoms with Gasteiger partial charge in [-0.15, -0.1) is 11.3 Å². The molecule has 41 heavy (non-hydrogen) atoms. The van der Waals surface area contributed by atoms with Crippen molar-refractivity contribution >= 4 is 39.1 Å². The van der Waals surface area contributed by atoms with Crippen LogP contribution in [0.4, 0.5) is 14.5 Å². The first kappa shape index (κ1) is 28.0. The summed E-state index contributed by atoms with van der Waals surface area (Å²) in [5.74, 6) is -0.457. The minimum absolute atomic E-state index is 0.0308. The highest BCUT2D eigenvalue weighted by atomic mass is 32.1. The van der Waals surface area contributed by atoms with Crippen LogP contribution in [0.2, 0.25) is 0 Å². The van der Waals surface area contributed by atoms with Gasteiger partial charge in [0, 0.05) is 23.7 Å². The van der Waals surface area contributed by atoms with Crippen LogP contribution in [-0.2, 0) is 20.1 Å². The van der Waals surface area contributed by atoms with Crippen LogP contribution in [0.3, 0.4) is 0 Å². The predicted octanol–water partition coefficient (Wildman–Crippen LogP) is 6.42. The van der Waals surface area contributed by atoms with E-state index in [0.717, 1.165) is 24.2 Å². The van der Waals surface area contributed by atoms with Crippen LogP contribution in [0.1, 0.15) is 62.7 Å². The molecule has 9 nitrogen and oxygen atoms in total. The normalized spacial score (nSPS) is 11.4. The molecular weight excluding hydrogens is 552 g/mol. The fraction of sp³-hybridized carbons (Fsp3) is 0.241. The molecule has 0 aliphatic rings. The number of anilines is 1. The van der Waals surface area contributed by atoms with Gasteiger partial charge in [-0.05, 0) is 54.8 Å². The van der Waals surface area contributed by atoms with Gasteiger partial charge in [0.2, 0.25) is 0 Å². The highest BCUT2D eigenvalue weighted by Gasteiger charge is 2.27. The van der Waals surface area contributed by atoms with Crippen molar-refractivity contribution in [2.45, 2.75) is 39.7 Å². The third-order valence-electron chi connectivity index (χ3n) is 6.62. The number of nitrogens with zero attached hydrogens (tertiary/aromatic N) is 3. The van der Waals surface area contributed by atoms with Crippen LogP contribution in [0.5, 0.6) is 5.75 Å². The van der Waals surface area contributed by atoms with Crippen LogP contribution in [0.15, 0.2) is 53.1 Å². The topological polar surface area (TPSA) is 125 Å². The zero-order valence-electron chi connectivity index (χ0n) is 22.5. The lowest BCUT2D eigenvalue weighted by molar-refractivity contribution is 0.0992. The smallest absolute Gasteiger partial charge is 0.291 e. The molecule has 0 unspecified atom stereocenters. The van der Waals surface area contributed by atoms with Crippen LogP contribution in [0.25, 0.3) is 21.3 Å². The van der Waals surface area contributed by atoms with Crippen LogP contribution >= 0.6 is 11.3 Å². The monoisotopic (exact) mass is 579 g/mol. The zero-order valence-corrected chi connectivity index (χ0v) is 23.4. The van der Waals surface area contributed by atoms with E-state index in [-0.39, 0.29) is 27.8 Å². The van der Waals surface area contributed by atoms with Crippen molar-refractivity contribution in [2.75, 3.05) is 5.32 Å². The van der Waals surface area contributed by atoms with Gasteiger partial charge in [-0.25, -0.2) is 13.8 Å². The molecular formula is C29H27F2N5O4S. The Kier molecular flexibility index (Phi) is 7.84. The summed E-state index contributed by atoms with van der Waals surface area (Å²) in [5.41, 5.74) is 8.02. The Morgan fingerprint density at radius 3 is 2.56 bits per heavy atom. The molecule has 12 heteroatoms. The molecule has 0 fully saturated rings. The number of pyridine rings is 1. The van der Waals surface area contributed by atoms with E-state index in [9.17, 15) is 18.4 Å². The third kappa shape index (κ3) is 5.68. The van der Waals surface area contributed by atoms with E-state index in [1.807, 2.05) is 24.3 Å². The van der Waals surface area contributed by atoms with Gasteiger partial charge in [-0.3, -0.25) is 14.3 Å². The van der Waals surface area contributed by atoms with Gasteiger partial charge in [-0.1, -0.05) is 25.5 Å². The standard InChI is InChI=1S/C29H27F2N5O4S/c1-4-5-16-6-8-17(9-7-16)39-14-18-10-11-22(40-18)28(38)35-24-23-19(20-13-33-36(3)15(20)2)12-21(26(30)31)34-29(23)41-25(24)27(32)37/h6-13,26H,4-5,14H2,1-3H3,(H2,32,37)(H,35,38). The van der Waals surface area contributed by atoms with Gasteiger partial charge in [0.1, 0.15) is 33.5 Å². The Balaban J connectivity index is 1.45. The van der Waals surface area contributed by atoms with Crippen molar-refractivity contribution in [3.8, 4) is 16.9 Å². The van der Waals surface area contributed by atoms with Crippen molar-refractivity contribution in [1.29, 1.82) is 0 Å². The predicted molar refractivity (Wildman–Crippen MR) is 151 cm³/mol. The average Bonchev–Trinajstić information content (AvgIpc) is 3.66. The Morgan fingerprint density at radius 1 is 1.17 bits per heavy atom. The number of thiophene rings is 1. The number of amides is 2. The molecule has 0 bridgehead atoms. The molecule has 0 saturated heterocycles. The Bertz CT molecular complexity index is 1740. The van der Waals surface area contributed by atoms with Gasteiger partial charge in [0.25, 0.3) is 18.2 Å². The molecule has 4 aromatic heterocycles. The highest BCUT2D eigenvalue weighted by molar-refractivity contribution is 7.21. The largest absolute Gasteiger partial charge is 0.486 e. The maximum Gasteiger partial charge on any atom is 0.291 e. The number of hydrogen-bond acceptors (Lipinski definition) is 7. The van der Waals surface area contributed by atoms with Crippen LogP contribution in [0, 0.1) is 6.92 Å². The van der Waals surface area contributed by atoms with E-state index in [0.29, 0.717) is 33.7 Å². The molecule has 2 amide bonds. The number of aromatic nitrogens is 3. The van der Waals surface area contributed by atoms with Crippen molar-refractivity contribution < 1.29 is 27.5 Å². The molecule has 3 N–H and O–H groups in total. The minimum atomic E-state index is -2.86. The Labute approximate surface area is 237 Å². The van der Waals surface area contributed by atoms with E-state index in [1.165, 1.54) is 23.9 Å². The lowest BCUT2D eigenvalue weighted by Crippen LogP contribution is -2.16. The van der Waals surface area contributed by atoms with Gasteiger partial charge >= 0.3 is 0 Å². The van der Waals surface area contributed by atoms with Gasteiger partial charge < -0.3 is 20.2 Å². The number of aryl methyl sites for hydroxylation is 2. The van der Waals surface area contributed by atoms with Crippen molar-refractivity contribution in [3.05, 3.63) is 82.0 Å². The summed E-state index contributed by atoms with van der Waals surface area (Å²) in [4.78, 5) is 29.8. The van der Waals surface area contributed by atoms with Gasteiger partial charge in [0.05, 0.1) is 11.9 Å². The quantitative estimate of drug-likeness (QED) is 0.197. The number of benzene rings is 1. The number of ether oxygens (including phenoxy) is 1. The van der Waals surface area contributed by atoms with Gasteiger partial charge in [-0.2, -0.15) is 5.10 Å². The summed E-state index contributed by atoms with van der Waals surface area (Å²) < 4.78 is 40.6. The lowest BCUT2D eigenvalue weighted by Gasteiger charge is -2.10. The number of halogens is 2. The van der Waals surface area contributed by atoms with Crippen LogP contribution < -0.4 is 15.8 Å². The summed E-state index contributed by atoms with van der Waals surface area (Å²) in [6, 6.07) is 12.1. The van der Waals surface area contributed by atoms with Gasteiger partial charge in [0.15, 0.2) is 5.76 Å². The maximum absolute atomic E-state index is 13.8. The molecule has 5 rings (SSSR count). The molecule has 0 atom stereocenters. The summed E-state index contributed by atoms with van der Waals surface area (Å²) in [7, 11) is 1.72. The van der Waals surface area contributed by atoms with E-state index < -0.39 is 23.9 Å². The minimum Gasteiger partial charge on any atom is -0.486 e. The average molecular weight is 580 g/mol. The number of fused-ring (bicyclic) bond motifs is 1. The third-order valence-corrected chi connectivity index (χ3v) is 7.72. The SMILES string of the molecule is CCCc1ccc(OCc2ccc(C(=O)Nc3c(C(N)=O)sc4nc(C(F)F)cc(-c5cnn(C)c5C)c34)o2)cc1. The second-order valence-corrected chi connectivity index (χ2v) is 10.4. The summed E-state index contributed by atoms with van der Waals surface area (Å²) >= 11 is 0.826. The molecule has 0 aliphatic heterocycles. The molecule has 212 valence electrons. The maximum atomic E-state index is 13.8. The Morgan fingerprint density at radius 2 is 1.93 bits per heavy atom. The van der Waals surface area contributed by atoms with E-state index in [1.54, 1.807) is 24.7 Å². The number of nitrogens with two attached hydrogens (primary N) is 1. The first-order chi connectivity index (χ1) is 19.7. The van der Waals surface area contributed by atoms with E-state index in [2.05, 4.69) is 22.3 Å². The number of primary amides is 1. The fourth-order valence-electron chi connectivity index (χ4n) is 4.45. The first-order valence-electron chi connectivity index (χ1n) is 12.8. The van der Waals surface area contributed by atoms with Crippen molar-refractivity contribution in [3.63, 3.8) is 0 Å². The Hall–Kier alpha value is -4.58. The number of alkyl halides is 2. The summed E-state index contributed by atoms with van der Waals surface area (Å²) in [5, 5.41) is 7.22. The molecule has 4 heterocycles. The second-order valence-electron chi connectivity index (χ2n) is 9.42. The molecule has 1 aromatic carbocycles. The number of furan rings is 1. The first-order valence-corrected chi connectivity index (χ1v) is 13.6. The lowest BCUT2D eigenvalue weighted by atomic mass is 10.0. The number of nitrogens with one attached hydrogen (secondary N) is 1. The zero-order chi connectivity index (χ0) is 29.3. The number of carbonyl (C=O) groups is 2. The highest BCUT2D eigenvalue weighted by Crippen LogP contribution is 2.43. The second kappa shape index (κ2) is 11.5. The summed E-state index contributed by atoms with van der Waals surface area (Å²) in [6.07, 6.45) is 0.714. The molecule has 5 aromatic rings. The molecule has 0 aliphatic carbocycles. The molecule has 0 saturated carbocycles. The number of rotatable bonds is 10. The van der Waals surface area contributed by atoms with Crippen molar-refractivity contribution in [2.24, 2.45) is 12.8 Å². The van der Waals surface area contributed by atoms with E-state index >= 15 is 0 Å². The fourth-order valence-corrected chi connectivity index (χ4v) is 5.46. The number of carbonyl (C=O) groups excluding carboxylic acids is 2. The van der Waals surface area contributed by atoms with Crippen LogP contribution in [-0.4, -0.2) is 26.6 Å². The molecule has 0 spiro atoms. The van der Waals surface area contributed by atoms with E-state index in [4.69, 9.17) is 14.9 Å². The number of hydrogen-bond donors (Lipinski definition) is 2. The summed E-state index contributed by atoms with van der Waals surface area (Å²) in [6.45, 7) is 3.99.